The van der Waals surface area contributed by atoms with Gasteiger partial charge in [-0.1, -0.05) is 0 Å². The van der Waals surface area contributed by atoms with Gasteiger partial charge < -0.3 is 10.2 Å². The second-order valence-corrected chi connectivity index (χ2v) is 4.82. The zero-order chi connectivity index (χ0) is 11.0. The van der Waals surface area contributed by atoms with Gasteiger partial charge in [-0.25, -0.2) is 0 Å². The number of hydrogen-bond donors (Lipinski definition) is 1. The van der Waals surface area contributed by atoms with Crippen molar-refractivity contribution >= 4 is 11.8 Å². The van der Waals surface area contributed by atoms with Gasteiger partial charge in [0.25, 0.3) is 0 Å². The van der Waals surface area contributed by atoms with E-state index in [0.717, 1.165) is 12.8 Å². The van der Waals surface area contributed by atoms with Gasteiger partial charge in [0, 0.05) is 25.0 Å². The van der Waals surface area contributed by atoms with Crippen LogP contribution in [0.2, 0.25) is 0 Å². The van der Waals surface area contributed by atoms with Crippen molar-refractivity contribution in [1.29, 1.82) is 0 Å². The first kappa shape index (κ1) is 10.5. The predicted octanol–water partition coefficient (Wildman–Crippen LogP) is 0.522. The minimum absolute atomic E-state index is 0.0639. The average Bonchev–Trinajstić information content (AvgIpc) is 2.86. The summed E-state index contributed by atoms with van der Waals surface area (Å²) in [5.74, 6) is 0.0513. The van der Waals surface area contributed by atoms with E-state index in [1.165, 1.54) is 0 Å². The Morgan fingerprint density at radius 3 is 2.60 bits per heavy atom. The van der Waals surface area contributed by atoms with E-state index in [4.69, 9.17) is 0 Å². The zero-order valence-electron chi connectivity index (χ0n) is 9.32. The van der Waals surface area contributed by atoms with E-state index in [2.05, 4.69) is 5.32 Å². The number of nitrogens with one attached hydrogen (secondary N) is 1. The van der Waals surface area contributed by atoms with Crippen molar-refractivity contribution in [1.82, 2.24) is 10.2 Å². The average molecular weight is 210 g/mol. The molecule has 0 aromatic carbocycles. The summed E-state index contributed by atoms with van der Waals surface area (Å²) in [6.07, 6.45) is 2.58. The maximum atomic E-state index is 11.7. The van der Waals surface area contributed by atoms with Crippen LogP contribution < -0.4 is 5.32 Å². The van der Waals surface area contributed by atoms with Crippen LogP contribution in [0.1, 0.15) is 33.1 Å². The minimum Gasteiger partial charge on any atom is -0.353 e. The van der Waals surface area contributed by atoms with Gasteiger partial charge in [-0.3, -0.25) is 9.59 Å². The third-order valence-corrected chi connectivity index (χ3v) is 3.08. The summed E-state index contributed by atoms with van der Waals surface area (Å²) in [5, 5.41) is 2.96. The first-order valence-corrected chi connectivity index (χ1v) is 5.67. The highest BCUT2D eigenvalue weighted by atomic mass is 16.2. The Labute approximate surface area is 90.0 Å². The van der Waals surface area contributed by atoms with Crippen LogP contribution in [0.3, 0.4) is 0 Å². The summed E-state index contributed by atoms with van der Waals surface area (Å²) in [4.78, 5) is 25.1. The Kier molecular flexibility index (Phi) is 2.67. The van der Waals surface area contributed by atoms with Crippen molar-refractivity contribution in [3.05, 3.63) is 0 Å². The molecule has 0 bridgehead atoms. The number of carbonyl (C=O) groups excluding carboxylic acids is 2. The Morgan fingerprint density at radius 1 is 1.47 bits per heavy atom. The van der Waals surface area contributed by atoms with E-state index >= 15 is 0 Å². The topological polar surface area (TPSA) is 49.4 Å². The fourth-order valence-electron chi connectivity index (χ4n) is 1.95. The lowest BCUT2D eigenvalue weighted by Crippen LogP contribution is -2.36. The van der Waals surface area contributed by atoms with E-state index < -0.39 is 0 Å². The van der Waals surface area contributed by atoms with Crippen molar-refractivity contribution in [2.75, 3.05) is 6.54 Å². The SMILES string of the molecule is CC(C)N1C[C@H](C(=O)NC2CC2)CC1=O. The Bertz CT molecular complexity index is 284. The molecule has 0 aromatic rings. The number of hydrogen-bond acceptors (Lipinski definition) is 2. The van der Waals surface area contributed by atoms with Crippen LogP contribution in [0.4, 0.5) is 0 Å². The van der Waals surface area contributed by atoms with Gasteiger partial charge in [-0.05, 0) is 26.7 Å². The molecule has 1 atom stereocenters. The molecule has 2 aliphatic rings. The first-order valence-electron chi connectivity index (χ1n) is 5.67. The maximum Gasteiger partial charge on any atom is 0.225 e. The van der Waals surface area contributed by atoms with Crippen LogP contribution in [0.5, 0.6) is 0 Å². The lowest BCUT2D eigenvalue weighted by molar-refractivity contribution is -0.130. The van der Waals surface area contributed by atoms with Crippen molar-refractivity contribution in [2.45, 2.75) is 45.2 Å². The van der Waals surface area contributed by atoms with Crippen LogP contribution in [-0.4, -0.2) is 35.3 Å². The van der Waals surface area contributed by atoms with E-state index in [1.807, 2.05) is 13.8 Å². The van der Waals surface area contributed by atoms with Crippen LogP contribution in [0, 0.1) is 5.92 Å². The van der Waals surface area contributed by atoms with Gasteiger partial charge in [0.1, 0.15) is 0 Å². The molecule has 1 aliphatic carbocycles. The molecule has 1 saturated heterocycles. The van der Waals surface area contributed by atoms with Gasteiger partial charge in [-0.2, -0.15) is 0 Å². The van der Waals surface area contributed by atoms with Crippen molar-refractivity contribution in [2.24, 2.45) is 5.92 Å². The molecule has 0 aromatic heterocycles. The molecule has 2 fully saturated rings. The first-order chi connectivity index (χ1) is 7.08. The molecular formula is C11H18N2O2. The third kappa shape index (κ3) is 2.30. The lowest BCUT2D eigenvalue weighted by Gasteiger charge is -2.20. The highest BCUT2D eigenvalue weighted by Crippen LogP contribution is 2.23. The Hall–Kier alpha value is -1.06. The summed E-state index contributed by atoms with van der Waals surface area (Å²) in [5.41, 5.74) is 0. The number of amides is 2. The molecule has 1 saturated carbocycles. The highest BCUT2D eigenvalue weighted by Gasteiger charge is 2.37. The van der Waals surface area contributed by atoms with Crippen LogP contribution in [0.15, 0.2) is 0 Å². The number of nitrogens with zero attached hydrogens (tertiary/aromatic N) is 1. The number of rotatable bonds is 3. The molecule has 4 heteroatoms. The summed E-state index contributed by atoms with van der Waals surface area (Å²) in [6.45, 7) is 4.56. The minimum atomic E-state index is -0.125. The molecule has 1 aliphatic heterocycles. The van der Waals surface area contributed by atoms with Crippen LogP contribution in [-0.2, 0) is 9.59 Å². The van der Waals surface area contributed by atoms with Gasteiger partial charge in [0.05, 0.1) is 5.92 Å². The standard InChI is InChI=1S/C11H18N2O2/c1-7(2)13-6-8(5-10(13)14)11(15)12-9-3-4-9/h7-9H,3-6H2,1-2H3,(H,12,15)/t8-/m1/s1. The summed E-state index contributed by atoms with van der Waals surface area (Å²) >= 11 is 0. The zero-order valence-corrected chi connectivity index (χ0v) is 9.32. The van der Waals surface area contributed by atoms with E-state index in [0.29, 0.717) is 19.0 Å². The molecule has 2 rings (SSSR count). The second-order valence-electron chi connectivity index (χ2n) is 4.82. The van der Waals surface area contributed by atoms with Crippen molar-refractivity contribution in [3.8, 4) is 0 Å². The summed E-state index contributed by atoms with van der Waals surface area (Å²) < 4.78 is 0. The predicted molar refractivity (Wildman–Crippen MR) is 56.1 cm³/mol. The van der Waals surface area contributed by atoms with Crippen LogP contribution in [0.25, 0.3) is 0 Å². The molecule has 0 spiro atoms. The van der Waals surface area contributed by atoms with E-state index in [1.54, 1.807) is 4.90 Å². The van der Waals surface area contributed by atoms with Gasteiger partial charge >= 0.3 is 0 Å². The largest absolute Gasteiger partial charge is 0.353 e. The summed E-state index contributed by atoms with van der Waals surface area (Å²) in [6, 6.07) is 0.594. The fourth-order valence-corrected chi connectivity index (χ4v) is 1.95. The van der Waals surface area contributed by atoms with Crippen LogP contribution >= 0.6 is 0 Å². The lowest BCUT2D eigenvalue weighted by atomic mass is 10.1. The normalized spacial score (nSPS) is 26.2. The Balaban J connectivity index is 1.89. The number of carbonyl (C=O) groups is 2. The smallest absolute Gasteiger partial charge is 0.225 e. The highest BCUT2D eigenvalue weighted by molar-refractivity contribution is 5.89. The van der Waals surface area contributed by atoms with Crippen molar-refractivity contribution in [3.63, 3.8) is 0 Å². The fraction of sp³-hybridized carbons (Fsp3) is 0.818. The van der Waals surface area contributed by atoms with Crippen molar-refractivity contribution < 1.29 is 9.59 Å². The van der Waals surface area contributed by atoms with Gasteiger partial charge in [-0.15, -0.1) is 0 Å². The molecule has 0 radical (unpaired) electrons. The molecule has 0 unspecified atom stereocenters. The molecule has 4 nitrogen and oxygen atoms in total. The van der Waals surface area contributed by atoms with Gasteiger partial charge in [0.15, 0.2) is 0 Å². The molecule has 15 heavy (non-hydrogen) atoms. The summed E-state index contributed by atoms with van der Waals surface area (Å²) in [7, 11) is 0. The maximum absolute atomic E-state index is 11.7. The molecule has 2 amide bonds. The third-order valence-electron chi connectivity index (χ3n) is 3.08. The molecule has 1 heterocycles. The molecule has 1 N–H and O–H groups in total. The quantitative estimate of drug-likeness (QED) is 0.738. The molecule has 84 valence electrons. The van der Waals surface area contributed by atoms with E-state index in [9.17, 15) is 9.59 Å². The monoisotopic (exact) mass is 210 g/mol. The number of likely N-dealkylation sites (tertiary alicyclic amines) is 1. The van der Waals surface area contributed by atoms with Gasteiger partial charge in [0.2, 0.25) is 11.8 Å². The molecular weight excluding hydrogens is 192 g/mol. The second kappa shape index (κ2) is 3.83. The van der Waals surface area contributed by atoms with E-state index in [-0.39, 0.29) is 23.8 Å². The Morgan fingerprint density at radius 2 is 2.13 bits per heavy atom.